The zero-order valence-corrected chi connectivity index (χ0v) is 12.7. The van der Waals surface area contributed by atoms with Gasteiger partial charge >= 0.3 is 0 Å². The largest absolute Gasteiger partial charge is 0.488 e. The Morgan fingerprint density at radius 1 is 1.24 bits per heavy atom. The van der Waals surface area contributed by atoms with E-state index in [1.54, 1.807) is 0 Å². The second kappa shape index (κ2) is 7.25. The van der Waals surface area contributed by atoms with Crippen molar-refractivity contribution in [1.29, 1.82) is 0 Å². The molecule has 4 heteroatoms. The Balaban J connectivity index is 1.39. The van der Waals surface area contributed by atoms with E-state index in [2.05, 4.69) is 23.1 Å². The Labute approximate surface area is 127 Å². The molecule has 0 aliphatic carbocycles. The van der Waals surface area contributed by atoms with E-state index in [-0.39, 0.29) is 0 Å². The van der Waals surface area contributed by atoms with Crippen LogP contribution in [0.4, 0.5) is 0 Å². The number of hydrogen-bond acceptors (Lipinski definition) is 4. The van der Waals surface area contributed by atoms with Gasteiger partial charge in [-0.1, -0.05) is 18.2 Å². The number of benzene rings is 1. The molecule has 1 atom stereocenters. The van der Waals surface area contributed by atoms with E-state index in [1.165, 1.54) is 5.56 Å². The lowest BCUT2D eigenvalue weighted by Gasteiger charge is -2.33. The zero-order chi connectivity index (χ0) is 14.5. The third-order valence-electron chi connectivity index (χ3n) is 4.41. The van der Waals surface area contributed by atoms with Crippen molar-refractivity contribution < 1.29 is 9.47 Å². The minimum Gasteiger partial charge on any atom is -0.488 e. The third kappa shape index (κ3) is 3.96. The standard InChI is InChI=1S/C17H26N2O2/c18-8-3-11-20-15-6-9-19(10-7-15)13-16-12-14-4-1-2-5-17(14)21-16/h1-2,4-5,15-16H,3,6-13,18H2. The van der Waals surface area contributed by atoms with E-state index < -0.39 is 0 Å². The summed E-state index contributed by atoms with van der Waals surface area (Å²) < 4.78 is 11.9. The van der Waals surface area contributed by atoms with Gasteiger partial charge in [0.15, 0.2) is 0 Å². The maximum absolute atomic E-state index is 6.03. The smallest absolute Gasteiger partial charge is 0.123 e. The molecule has 21 heavy (non-hydrogen) atoms. The van der Waals surface area contributed by atoms with Gasteiger partial charge in [0, 0.05) is 32.7 Å². The SMILES string of the molecule is NCCCOC1CCN(CC2Cc3ccccc3O2)CC1. The highest BCUT2D eigenvalue weighted by molar-refractivity contribution is 5.37. The van der Waals surface area contributed by atoms with Crippen LogP contribution in [0.15, 0.2) is 24.3 Å². The second-order valence-electron chi connectivity index (χ2n) is 6.06. The minimum atomic E-state index is 0.317. The third-order valence-corrected chi connectivity index (χ3v) is 4.41. The van der Waals surface area contributed by atoms with Crippen LogP contribution >= 0.6 is 0 Å². The lowest BCUT2D eigenvalue weighted by molar-refractivity contribution is 0.00104. The summed E-state index contributed by atoms with van der Waals surface area (Å²) in [7, 11) is 0. The number of nitrogens with two attached hydrogens (primary N) is 1. The van der Waals surface area contributed by atoms with Crippen LogP contribution in [0.2, 0.25) is 0 Å². The molecule has 2 heterocycles. The van der Waals surface area contributed by atoms with E-state index in [4.69, 9.17) is 15.2 Å². The van der Waals surface area contributed by atoms with Gasteiger partial charge in [-0.25, -0.2) is 0 Å². The van der Waals surface area contributed by atoms with Gasteiger partial charge in [-0.05, 0) is 37.4 Å². The van der Waals surface area contributed by atoms with E-state index in [0.717, 1.165) is 64.2 Å². The summed E-state index contributed by atoms with van der Waals surface area (Å²) in [5, 5.41) is 0. The summed E-state index contributed by atoms with van der Waals surface area (Å²) in [6.07, 6.45) is 5.01. The molecular weight excluding hydrogens is 264 g/mol. The lowest BCUT2D eigenvalue weighted by Crippen LogP contribution is -2.42. The summed E-state index contributed by atoms with van der Waals surface area (Å²) in [6, 6.07) is 8.39. The van der Waals surface area contributed by atoms with Gasteiger partial charge in [0.1, 0.15) is 11.9 Å². The van der Waals surface area contributed by atoms with Crippen molar-refractivity contribution in [2.75, 3.05) is 32.8 Å². The highest BCUT2D eigenvalue weighted by atomic mass is 16.5. The molecule has 1 unspecified atom stereocenters. The number of ether oxygens (including phenoxy) is 2. The maximum Gasteiger partial charge on any atom is 0.123 e. The molecule has 116 valence electrons. The van der Waals surface area contributed by atoms with Crippen LogP contribution in [0.25, 0.3) is 0 Å². The summed E-state index contributed by atoms with van der Waals surface area (Å²) in [5.74, 6) is 1.07. The molecule has 0 aromatic heterocycles. The van der Waals surface area contributed by atoms with Crippen LogP contribution < -0.4 is 10.5 Å². The fraction of sp³-hybridized carbons (Fsp3) is 0.647. The highest BCUT2D eigenvalue weighted by Gasteiger charge is 2.27. The lowest BCUT2D eigenvalue weighted by atomic mass is 10.1. The first-order chi connectivity index (χ1) is 10.3. The first-order valence-electron chi connectivity index (χ1n) is 8.14. The normalized spacial score (nSPS) is 23.0. The molecule has 3 rings (SSSR count). The molecular formula is C17H26N2O2. The van der Waals surface area contributed by atoms with Gasteiger partial charge in [-0.3, -0.25) is 4.90 Å². The molecule has 2 N–H and O–H groups in total. The summed E-state index contributed by atoms with van der Waals surface area (Å²) in [6.45, 7) is 4.79. The molecule has 1 aromatic carbocycles. The molecule has 1 fully saturated rings. The van der Waals surface area contributed by atoms with E-state index in [0.29, 0.717) is 12.2 Å². The zero-order valence-electron chi connectivity index (χ0n) is 12.7. The van der Waals surface area contributed by atoms with Crippen LogP contribution in [0.5, 0.6) is 5.75 Å². The average molecular weight is 290 g/mol. The summed E-state index contributed by atoms with van der Waals surface area (Å²) in [4.78, 5) is 2.51. The van der Waals surface area contributed by atoms with Gasteiger partial charge in [0.05, 0.1) is 6.10 Å². The number of nitrogens with zero attached hydrogens (tertiary/aromatic N) is 1. The molecule has 0 spiro atoms. The predicted molar refractivity (Wildman–Crippen MR) is 83.6 cm³/mol. The summed E-state index contributed by atoms with van der Waals surface area (Å²) >= 11 is 0. The van der Waals surface area contributed by atoms with Crippen molar-refractivity contribution in [3.05, 3.63) is 29.8 Å². The molecule has 2 aliphatic heterocycles. The van der Waals surface area contributed by atoms with Crippen molar-refractivity contribution in [2.24, 2.45) is 5.73 Å². The Morgan fingerprint density at radius 3 is 2.81 bits per heavy atom. The van der Waals surface area contributed by atoms with Crippen molar-refractivity contribution >= 4 is 0 Å². The van der Waals surface area contributed by atoms with Crippen LogP contribution in [-0.2, 0) is 11.2 Å². The fourth-order valence-corrected chi connectivity index (χ4v) is 3.24. The van der Waals surface area contributed by atoms with Crippen LogP contribution in [-0.4, -0.2) is 49.9 Å². The molecule has 0 amide bonds. The Bertz CT molecular complexity index is 419. The van der Waals surface area contributed by atoms with E-state index >= 15 is 0 Å². The quantitative estimate of drug-likeness (QED) is 0.812. The maximum atomic E-state index is 6.03. The van der Waals surface area contributed by atoms with Crippen LogP contribution in [0.3, 0.4) is 0 Å². The summed E-state index contributed by atoms with van der Waals surface area (Å²) in [5.41, 5.74) is 6.84. The van der Waals surface area contributed by atoms with Crippen molar-refractivity contribution in [3.63, 3.8) is 0 Å². The van der Waals surface area contributed by atoms with Crippen molar-refractivity contribution in [3.8, 4) is 5.75 Å². The number of likely N-dealkylation sites (tertiary alicyclic amines) is 1. The van der Waals surface area contributed by atoms with Gasteiger partial charge in [-0.15, -0.1) is 0 Å². The average Bonchev–Trinajstić information content (AvgIpc) is 2.91. The Kier molecular flexibility index (Phi) is 5.12. The first kappa shape index (κ1) is 14.8. The number of para-hydroxylation sites is 1. The highest BCUT2D eigenvalue weighted by Crippen LogP contribution is 2.29. The van der Waals surface area contributed by atoms with Gasteiger partial charge in [-0.2, -0.15) is 0 Å². The minimum absolute atomic E-state index is 0.317. The Morgan fingerprint density at radius 2 is 2.05 bits per heavy atom. The number of hydrogen-bond donors (Lipinski definition) is 1. The molecule has 1 aromatic rings. The number of fused-ring (bicyclic) bond motifs is 1. The molecule has 0 saturated carbocycles. The first-order valence-corrected chi connectivity index (χ1v) is 8.14. The second-order valence-corrected chi connectivity index (χ2v) is 6.06. The molecule has 1 saturated heterocycles. The van der Waals surface area contributed by atoms with Gasteiger partial charge in [0.25, 0.3) is 0 Å². The predicted octanol–water partition coefficient (Wildman–Crippen LogP) is 1.82. The molecule has 2 aliphatic rings. The monoisotopic (exact) mass is 290 g/mol. The fourth-order valence-electron chi connectivity index (χ4n) is 3.24. The molecule has 0 bridgehead atoms. The van der Waals surface area contributed by atoms with Crippen LogP contribution in [0, 0.1) is 0 Å². The number of piperidine rings is 1. The molecule has 0 radical (unpaired) electrons. The van der Waals surface area contributed by atoms with Gasteiger partial charge < -0.3 is 15.2 Å². The van der Waals surface area contributed by atoms with E-state index in [1.807, 2.05) is 6.07 Å². The van der Waals surface area contributed by atoms with Crippen LogP contribution in [0.1, 0.15) is 24.8 Å². The Hall–Kier alpha value is -1.10. The van der Waals surface area contributed by atoms with Crippen molar-refractivity contribution in [1.82, 2.24) is 4.90 Å². The molecule has 4 nitrogen and oxygen atoms in total. The number of rotatable bonds is 6. The van der Waals surface area contributed by atoms with Gasteiger partial charge in [0.2, 0.25) is 0 Å². The van der Waals surface area contributed by atoms with E-state index in [9.17, 15) is 0 Å². The van der Waals surface area contributed by atoms with Crippen molar-refractivity contribution in [2.45, 2.75) is 37.9 Å². The topological polar surface area (TPSA) is 47.7 Å².